The van der Waals surface area contributed by atoms with Gasteiger partial charge in [-0.3, -0.25) is 5.10 Å². The normalized spacial score (nSPS) is 10.9. The van der Waals surface area contributed by atoms with Crippen LogP contribution < -0.4 is 0 Å². The zero-order chi connectivity index (χ0) is 11.5. The largest absolute Gasteiger partial charge is 0.321 e. The van der Waals surface area contributed by atoms with Crippen LogP contribution in [0.1, 0.15) is 18.6 Å². The highest BCUT2D eigenvalue weighted by Gasteiger charge is 2.06. The number of nitrogens with zero attached hydrogens (tertiary/aromatic N) is 5. The predicted octanol–water partition coefficient (Wildman–Crippen LogP) is 0.874. The monoisotopic (exact) mass is 238 g/mol. The molecule has 0 fully saturated rings. The molecule has 0 bridgehead atoms. The SMILES string of the molecule is CCc1n[nH]c(=S)n1CCc1nncn1C. The van der Waals surface area contributed by atoms with E-state index >= 15 is 0 Å². The van der Waals surface area contributed by atoms with Gasteiger partial charge in [-0.15, -0.1) is 10.2 Å². The molecule has 1 N–H and O–H groups in total. The summed E-state index contributed by atoms with van der Waals surface area (Å²) in [6.07, 6.45) is 3.37. The minimum atomic E-state index is 0.666. The summed E-state index contributed by atoms with van der Waals surface area (Å²) in [5.74, 6) is 1.93. The van der Waals surface area contributed by atoms with Crippen LogP contribution in [0.5, 0.6) is 0 Å². The Hall–Kier alpha value is -1.50. The molecule has 2 aromatic heterocycles. The van der Waals surface area contributed by atoms with Crippen molar-refractivity contribution in [3.8, 4) is 0 Å². The second-order valence-corrected chi connectivity index (χ2v) is 3.94. The molecule has 16 heavy (non-hydrogen) atoms. The van der Waals surface area contributed by atoms with Crippen molar-refractivity contribution in [2.75, 3.05) is 0 Å². The number of rotatable bonds is 4. The van der Waals surface area contributed by atoms with E-state index < -0.39 is 0 Å². The highest BCUT2D eigenvalue weighted by molar-refractivity contribution is 7.71. The van der Waals surface area contributed by atoms with Gasteiger partial charge in [0.1, 0.15) is 18.0 Å². The van der Waals surface area contributed by atoms with Crippen LogP contribution in [0.2, 0.25) is 0 Å². The maximum absolute atomic E-state index is 5.17. The molecular weight excluding hydrogens is 224 g/mol. The Kier molecular flexibility index (Phi) is 3.14. The Morgan fingerprint density at radius 1 is 1.44 bits per heavy atom. The zero-order valence-electron chi connectivity index (χ0n) is 9.34. The quantitative estimate of drug-likeness (QED) is 0.803. The Morgan fingerprint density at radius 2 is 2.25 bits per heavy atom. The minimum absolute atomic E-state index is 0.666. The molecular formula is C9H14N6S. The van der Waals surface area contributed by atoms with Gasteiger partial charge in [0.05, 0.1) is 0 Å². The van der Waals surface area contributed by atoms with E-state index in [1.54, 1.807) is 6.33 Å². The summed E-state index contributed by atoms with van der Waals surface area (Å²) in [4.78, 5) is 0. The number of aromatic amines is 1. The van der Waals surface area contributed by atoms with Crippen LogP contribution in [0.4, 0.5) is 0 Å². The predicted molar refractivity (Wildman–Crippen MR) is 61.5 cm³/mol. The summed E-state index contributed by atoms with van der Waals surface area (Å²) in [6, 6.07) is 0. The number of hydrogen-bond acceptors (Lipinski definition) is 4. The lowest BCUT2D eigenvalue weighted by atomic mass is 10.3. The molecule has 0 unspecified atom stereocenters. The van der Waals surface area contributed by atoms with Crippen molar-refractivity contribution < 1.29 is 0 Å². The number of nitrogens with one attached hydrogen (secondary N) is 1. The molecule has 7 heteroatoms. The van der Waals surface area contributed by atoms with Gasteiger partial charge >= 0.3 is 0 Å². The molecule has 0 radical (unpaired) electrons. The second kappa shape index (κ2) is 4.56. The van der Waals surface area contributed by atoms with Crippen molar-refractivity contribution in [3.63, 3.8) is 0 Å². The lowest BCUT2D eigenvalue weighted by Gasteiger charge is -2.04. The molecule has 0 atom stereocenters. The molecule has 6 nitrogen and oxygen atoms in total. The van der Waals surface area contributed by atoms with E-state index in [9.17, 15) is 0 Å². The highest BCUT2D eigenvalue weighted by Crippen LogP contribution is 2.02. The third-order valence-electron chi connectivity index (χ3n) is 2.52. The molecule has 86 valence electrons. The third-order valence-corrected chi connectivity index (χ3v) is 2.83. The van der Waals surface area contributed by atoms with Crippen molar-refractivity contribution in [2.24, 2.45) is 7.05 Å². The van der Waals surface area contributed by atoms with E-state index in [4.69, 9.17) is 12.2 Å². The van der Waals surface area contributed by atoms with Gasteiger partial charge in [0.15, 0.2) is 4.77 Å². The van der Waals surface area contributed by atoms with Crippen LogP contribution in [0.25, 0.3) is 0 Å². The Bertz CT molecular complexity index is 522. The fourth-order valence-electron chi connectivity index (χ4n) is 1.60. The van der Waals surface area contributed by atoms with Gasteiger partial charge in [-0.2, -0.15) is 5.10 Å². The fourth-order valence-corrected chi connectivity index (χ4v) is 1.84. The van der Waals surface area contributed by atoms with Gasteiger partial charge in [0.2, 0.25) is 0 Å². The summed E-state index contributed by atoms with van der Waals surface area (Å²) in [7, 11) is 1.94. The molecule has 0 amide bonds. The van der Waals surface area contributed by atoms with Crippen LogP contribution in [0.3, 0.4) is 0 Å². The van der Waals surface area contributed by atoms with Crippen LogP contribution >= 0.6 is 12.2 Å². The average molecular weight is 238 g/mol. The van der Waals surface area contributed by atoms with E-state index in [0.717, 1.165) is 31.0 Å². The van der Waals surface area contributed by atoms with Crippen LogP contribution in [-0.2, 0) is 26.4 Å². The third kappa shape index (κ3) is 2.04. The van der Waals surface area contributed by atoms with Crippen LogP contribution in [0, 0.1) is 4.77 Å². The van der Waals surface area contributed by atoms with Crippen molar-refractivity contribution >= 4 is 12.2 Å². The van der Waals surface area contributed by atoms with Gasteiger partial charge in [0.25, 0.3) is 0 Å². The molecule has 0 spiro atoms. The summed E-state index contributed by atoms with van der Waals surface area (Å²) in [5, 5.41) is 14.8. The van der Waals surface area contributed by atoms with Gasteiger partial charge in [0, 0.05) is 26.4 Å². The van der Waals surface area contributed by atoms with Crippen molar-refractivity contribution in [1.82, 2.24) is 29.5 Å². The zero-order valence-corrected chi connectivity index (χ0v) is 10.2. The average Bonchev–Trinajstić information content (AvgIpc) is 2.82. The van der Waals surface area contributed by atoms with Crippen molar-refractivity contribution in [1.29, 1.82) is 0 Å². The smallest absolute Gasteiger partial charge is 0.195 e. The molecule has 0 saturated carbocycles. The van der Waals surface area contributed by atoms with Crippen molar-refractivity contribution in [2.45, 2.75) is 26.3 Å². The first-order valence-corrected chi connectivity index (χ1v) is 5.60. The molecule has 0 aliphatic rings. The van der Waals surface area contributed by atoms with Crippen LogP contribution in [0.15, 0.2) is 6.33 Å². The number of aromatic nitrogens is 6. The molecule has 2 aromatic rings. The summed E-state index contributed by atoms with van der Waals surface area (Å²) in [5.41, 5.74) is 0. The van der Waals surface area contributed by atoms with Crippen LogP contribution in [-0.4, -0.2) is 29.5 Å². The van der Waals surface area contributed by atoms with Gasteiger partial charge < -0.3 is 9.13 Å². The van der Waals surface area contributed by atoms with E-state index in [1.165, 1.54) is 0 Å². The Labute approximate surface area is 98.3 Å². The van der Waals surface area contributed by atoms with Gasteiger partial charge in [-0.25, -0.2) is 0 Å². The highest BCUT2D eigenvalue weighted by atomic mass is 32.1. The Morgan fingerprint density at radius 3 is 2.88 bits per heavy atom. The van der Waals surface area contributed by atoms with Gasteiger partial charge in [-0.05, 0) is 12.2 Å². The first kappa shape index (κ1) is 11.0. The van der Waals surface area contributed by atoms with E-state index in [0.29, 0.717) is 4.77 Å². The number of hydrogen-bond donors (Lipinski definition) is 1. The first-order valence-electron chi connectivity index (χ1n) is 5.19. The van der Waals surface area contributed by atoms with E-state index in [-0.39, 0.29) is 0 Å². The molecule has 0 saturated heterocycles. The molecule has 2 heterocycles. The molecule has 2 rings (SSSR count). The maximum Gasteiger partial charge on any atom is 0.195 e. The summed E-state index contributed by atoms with van der Waals surface area (Å²) >= 11 is 5.17. The first-order chi connectivity index (χ1) is 7.72. The topological polar surface area (TPSA) is 64.3 Å². The van der Waals surface area contributed by atoms with E-state index in [2.05, 4.69) is 27.3 Å². The number of aryl methyl sites for hydroxylation is 3. The molecule has 0 aromatic carbocycles. The van der Waals surface area contributed by atoms with Crippen molar-refractivity contribution in [3.05, 3.63) is 22.7 Å². The summed E-state index contributed by atoms with van der Waals surface area (Å²) in [6.45, 7) is 2.84. The fraction of sp³-hybridized carbons (Fsp3) is 0.556. The maximum atomic E-state index is 5.17. The minimum Gasteiger partial charge on any atom is -0.321 e. The second-order valence-electron chi connectivity index (χ2n) is 3.56. The Balaban J connectivity index is 2.13. The van der Waals surface area contributed by atoms with Gasteiger partial charge in [-0.1, -0.05) is 6.92 Å². The summed E-state index contributed by atoms with van der Waals surface area (Å²) < 4.78 is 4.58. The number of H-pyrrole nitrogens is 1. The lowest BCUT2D eigenvalue weighted by Crippen LogP contribution is -2.08. The molecule has 0 aliphatic carbocycles. The molecule has 0 aliphatic heterocycles. The van der Waals surface area contributed by atoms with E-state index in [1.807, 2.05) is 16.2 Å². The lowest BCUT2D eigenvalue weighted by molar-refractivity contribution is 0.616. The standard InChI is InChI=1S/C9H14N6S/c1-3-7-12-13-9(16)15(7)5-4-8-11-10-6-14(8)2/h6H,3-5H2,1-2H3,(H,13,16).